The molecule has 6 heteroatoms. The molecule has 2 aromatic rings. The predicted octanol–water partition coefficient (Wildman–Crippen LogP) is 3.68. The molecule has 0 fully saturated rings. The van der Waals surface area contributed by atoms with Crippen molar-refractivity contribution in [2.75, 3.05) is 14.2 Å². The monoisotopic (exact) mass is 333 g/mol. The van der Waals surface area contributed by atoms with Gasteiger partial charge in [0.25, 0.3) is 5.91 Å². The van der Waals surface area contributed by atoms with E-state index in [-0.39, 0.29) is 16.8 Å². The summed E-state index contributed by atoms with van der Waals surface area (Å²) in [5, 5.41) is 10.6. The topological polar surface area (TPSA) is 66.8 Å². The third-order valence-electron chi connectivity index (χ3n) is 3.73. The van der Waals surface area contributed by atoms with Crippen LogP contribution in [-0.2, 0) is 0 Å². The SMILES string of the molecule is CCC(c1ccccc1OC)N(C)C(=O)c1csc(C(=O)O)c1. The highest BCUT2D eigenvalue weighted by atomic mass is 32.1. The van der Waals surface area contributed by atoms with Crippen LogP contribution in [0.25, 0.3) is 0 Å². The summed E-state index contributed by atoms with van der Waals surface area (Å²) in [6.45, 7) is 2.00. The van der Waals surface area contributed by atoms with Gasteiger partial charge in [0, 0.05) is 18.0 Å². The van der Waals surface area contributed by atoms with Crippen molar-refractivity contribution in [1.82, 2.24) is 4.90 Å². The van der Waals surface area contributed by atoms with E-state index in [1.807, 2.05) is 31.2 Å². The fraction of sp³-hybridized carbons (Fsp3) is 0.294. The number of methoxy groups -OCH3 is 1. The van der Waals surface area contributed by atoms with Gasteiger partial charge in [0.15, 0.2) is 0 Å². The van der Waals surface area contributed by atoms with Gasteiger partial charge < -0.3 is 14.7 Å². The number of thiophene rings is 1. The second kappa shape index (κ2) is 7.28. The standard InChI is InChI=1S/C17H19NO4S/c1-4-13(12-7-5-6-8-14(12)22-3)18(2)16(19)11-9-15(17(20)21)23-10-11/h5-10,13H,4H2,1-3H3,(H,20,21). The fourth-order valence-electron chi connectivity index (χ4n) is 2.55. The molecule has 0 aliphatic rings. The number of aromatic carboxylic acids is 1. The highest BCUT2D eigenvalue weighted by molar-refractivity contribution is 7.12. The Morgan fingerprint density at radius 3 is 2.61 bits per heavy atom. The molecule has 0 saturated heterocycles. The molecule has 2 rings (SSSR count). The quantitative estimate of drug-likeness (QED) is 0.876. The van der Waals surface area contributed by atoms with Gasteiger partial charge in [-0.3, -0.25) is 4.79 Å². The zero-order chi connectivity index (χ0) is 17.0. The Kier molecular flexibility index (Phi) is 5.39. The lowest BCUT2D eigenvalue weighted by atomic mass is 10.0. The second-order valence-corrected chi connectivity index (χ2v) is 6.00. The normalized spacial score (nSPS) is 11.8. The van der Waals surface area contributed by atoms with Crippen LogP contribution in [0.1, 0.15) is 45.0 Å². The molecule has 1 N–H and O–H groups in total. The summed E-state index contributed by atoms with van der Waals surface area (Å²) in [6.07, 6.45) is 0.721. The van der Waals surface area contributed by atoms with Crippen molar-refractivity contribution in [1.29, 1.82) is 0 Å². The number of para-hydroxylation sites is 1. The van der Waals surface area contributed by atoms with E-state index in [0.29, 0.717) is 5.56 Å². The molecule has 0 aliphatic heterocycles. The van der Waals surface area contributed by atoms with E-state index >= 15 is 0 Å². The first-order valence-electron chi connectivity index (χ1n) is 7.21. The molecule has 1 heterocycles. The summed E-state index contributed by atoms with van der Waals surface area (Å²) in [4.78, 5) is 25.4. The number of carbonyl (C=O) groups is 2. The molecule has 1 amide bonds. The van der Waals surface area contributed by atoms with Crippen LogP contribution in [0, 0.1) is 0 Å². The first kappa shape index (κ1) is 17.0. The fourth-order valence-corrected chi connectivity index (χ4v) is 3.27. The van der Waals surface area contributed by atoms with Crippen molar-refractivity contribution in [2.45, 2.75) is 19.4 Å². The van der Waals surface area contributed by atoms with Gasteiger partial charge in [-0.05, 0) is 18.6 Å². The zero-order valence-electron chi connectivity index (χ0n) is 13.3. The molecule has 1 aromatic heterocycles. The maximum absolute atomic E-state index is 12.7. The Morgan fingerprint density at radius 2 is 2.04 bits per heavy atom. The predicted molar refractivity (Wildman–Crippen MR) is 89.4 cm³/mol. The summed E-state index contributed by atoms with van der Waals surface area (Å²) >= 11 is 1.05. The smallest absolute Gasteiger partial charge is 0.345 e. The lowest BCUT2D eigenvalue weighted by Crippen LogP contribution is -2.31. The minimum absolute atomic E-state index is 0.146. The number of ether oxygens (including phenoxy) is 1. The molecule has 122 valence electrons. The van der Waals surface area contributed by atoms with Crippen LogP contribution in [0.15, 0.2) is 35.7 Å². The van der Waals surface area contributed by atoms with E-state index in [1.165, 1.54) is 6.07 Å². The molecule has 1 aromatic carbocycles. The third-order valence-corrected chi connectivity index (χ3v) is 4.65. The maximum Gasteiger partial charge on any atom is 0.345 e. The van der Waals surface area contributed by atoms with E-state index in [9.17, 15) is 9.59 Å². The Hall–Kier alpha value is -2.34. The van der Waals surface area contributed by atoms with Crippen molar-refractivity contribution in [3.8, 4) is 5.75 Å². The Bertz CT molecular complexity index is 710. The molecular formula is C17H19NO4S. The number of amides is 1. The zero-order valence-corrected chi connectivity index (χ0v) is 14.1. The Balaban J connectivity index is 2.29. The average Bonchev–Trinajstić information content (AvgIpc) is 3.05. The van der Waals surface area contributed by atoms with Crippen LogP contribution < -0.4 is 4.74 Å². The number of rotatable bonds is 6. The Labute approximate surface area is 139 Å². The van der Waals surface area contributed by atoms with Crippen LogP contribution >= 0.6 is 11.3 Å². The van der Waals surface area contributed by atoms with E-state index < -0.39 is 5.97 Å². The van der Waals surface area contributed by atoms with Crippen molar-refractivity contribution < 1.29 is 19.4 Å². The third kappa shape index (κ3) is 3.53. The summed E-state index contributed by atoms with van der Waals surface area (Å²) in [6, 6.07) is 8.87. The minimum Gasteiger partial charge on any atom is -0.496 e. The van der Waals surface area contributed by atoms with E-state index in [0.717, 1.165) is 29.1 Å². The van der Waals surface area contributed by atoms with E-state index in [1.54, 1.807) is 24.4 Å². The lowest BCUT2D eigenvalue weighted by molar-refractivity contribution is 0.0702. The number of carboxylic acid groups (broad SMARTS) is 1. The van der Waals surface area contributed by atoms with Gasteiger partial charge in [-0.1, -0.05) is 25.1 Å². The second-order valence-electron chi connectivity index (χ2n) is 5.09. The lowest BCUT2D eigenvalue weighted by Gasteiger charge is -2.28. The summed E-state index contributed by atoms with van der Waals surface area (Å²) < 4.78 is 5.39. The van der Waals surface area contributed by atoms with Gasteiger partial charge in [-0.25, -0.2) is 4.79 Å². The van der Waals surface area contributed by atoms with Crippen LogP contribution in [0.4, 0.5) is 0 Å². The summed E-state index contributed by atoms with van der Waals surface area (Å²) in [5.74, 6) is -0.490. The molecule has 0 bridgehead atoms. The first-order chi connectivity index (χ1) is 11.0. The number of hydrogen-bond donors (Lipinski definition) is 1. The van der Waals surface area contributed by atoms with Crippen LogP contribution in [0.5, 0.6) is 5.75 Å². The van der Waals surface area contributed by atoms with Crippen molar-refractivity contribution in [3.63, 3.8) is 0 Å². The molecule has 0 aliphatic carbocycles. The van der Waals surface area contributed by atoms with Crippen LogP contribution in [0.2, 0.25) is 0 Å². The molecule has 5 nitrogen and oxygen atoms in total. The molecule has 0 radical (unpaired) electrons. The number of hydrogen-bond acceptors (Lipinski definition) is 4. The summed E-state index contributed by atoms with van der Waals surface area (Å²) in [5.41, 5.74) is 1.32. The molecular weight excluding hydrogens is 314 g/mol. The molecule has 1 atom stereocenters. The minimum atomic E-state index is -1.02. The highest BCUT2D eigenvalue weighted by Gasteiger charge is 2.25. The van der Waals surface area contributed by atoms with Gasteiger partial charge in [0.1, 0.15) is 10.6 Å². The van der Waals surface area contributed by atoms with Gasteiger partial charge >= 0.3 is 5.97 Å². The highest BCUT2D eigenvalue weighted by Crippen LogP contribution is 2.32. The number of nitrogens with zero attached hydrogens (tertiary/aromatic N) is 1. The number of carbonyl (C=O) groups excluding carboxylic acids is 1. The summed E-state index contributed by atoms with van der Waals surface area (Å²) in [7, 11) is 3.33. The molecule has 1 unspecified atom stereocenters. The largest absolute Gasteiger partial charge is 0.496 e. The van der Waals surface area contributed by atoms with Crippen molar-refractivity contribution in [3.05, 3.63) is 51.7 Å². The van der Waals surface area contributed by atoms with Crippen molar-refractivity contribution >= 4 is 23.2 Å². The average molecular weight is 333 g/mol. The molecule has 23 heavy (non-hydrogen) atoms. The van der Waals surface area contributed by atoms with Gasteiger partial charge in [-0.15, -0.1) is 11.3 Å². The van der Waals surface area contributed by atoms with Crippen molar-refractivity contribution in [2.24, 2.45) is 0 Å². The number of carboxylic acids is 1. The maximum atomic E-state index is 12.7. The van der Waals surface area contributed by atoms with E-state index in [4.69, 9.17) is 9.84 Å². The number of benzene rings is 1. The molecule has 0 spiro atoms. The van der Waals surface area contributed by atoms with Crippen LogP contribution in [-0.4, -0.2) is 36.0 Å². The first-order valence-corrected chi connectivity index (χ1v) is 8.09. The van der Waals surface area contributed by atoms with E-state index in [2.05, 4.69) is 0 Å². The van der Waals surface area contributed by atoms with Gasteiger partial charge in [0.05, 0.1) is 18.7 Å². The van der Waals surface area contributed by atoms with Gasteiger partial charge in [-0.2, -0.15) is 0 Å². The Morgan fingerprint density at radius 1 is 1.35 bits per heavy atom. The van der Waals surface area contributed by atoms with Crippen LogP contribution in [0.3, 0.4) is 0 Å². The van der Waals surface area contributed by atoms with Gasteiger partial charge in [0.2, 0.25) is 0 Å². The molecule has 0 saturated carbocycles.